The molecule has 3 nitrogen and oxygen atoms in total. The first-order valence-corrected chi connectivity index (χ1v) is 7.79. The second-order valence-electron chi connectivity index (χ2n) is 7.45. The van der Waals surface area contributed by atoms with Gasteiger partial charge >= 0.3 is 0 Å². The van der Waals surface area contributed by atoms with Crippen LogP contribution in [0.1, 0.15) is 45.6 Å². The Hall–Kier alpha value is -1.71. The van der Waals surface area contributed by atoms with Crippen LogP contribution in [0, 0.1) is 22.1 Å². The Kier molecular flexibility index (Phi) is 3.21. The molecule has 0 heterocycles. The Morgan fingerprint density at radius 2 is 1.82 bits per heavy atom. The summed E-state index contributed by atoms with van der Waals surface area (Å²) in [4.78, 5) is 25.2. The second-order valence-corrected chi connectivity index (χ2v) is 7.45. The minimum Gasteiger partial charge on any atom is -0.352 e. The molecule has 1 amide bonds. The number of carbonyl (C=O) groups excluding carboxylic acids is 2. The molecule has 2 bridgehead atoms. The van der Waals surface area contributed by atoms with Gasteiger partial charge in [-0.2, -0.15) is 0 Å². The molecule has 0 spiro atoms. The summed E-state index contributed by atoms with van der Waals surface area (Å²) in [5.74, 6) is -0.125. The van der Waals surface area contributed by atoms with Gasteiger partial charge in [0.05, 0.1) is 5.41 Å². The summed E-state index contributed by atoms with van der Waals surface area (Å²) < 4.78 is 12.9. The number of hydrogen-bond acceptors (Lipinski definition) is 2. The summed E-state index contributed by atoms with van der Waals surface area (Å²) >= 11 is 0. The van der Waals surface area contributed by atoms with Crippen molar-refractivity contribution in [3.63, 3.8) is 0 Å². The summed E-state index contributed by atoms with van der Waals surface area (Å²) in [6, 6.07) is 6.10. The summed E-state index contributed by atoms with van der Waals surface area (Å²) in [6.45, 7) is 6.45. The van der Waals surface area contributed by atoms with Crippen molar-refractivity contribution in [3.8, 4) is 0 Å². The lowest BCUT2D eigenvalue weighted by atomic mass is 9.64. The van der Waals surface area contributed by atoms with Gasteiger partial charge in [0.1, 0.15) is 11.6 Å². The predicted molar refractivity (Wildman–Crippen MR) is 81.4 cm³/mol. The molecule has 118 valence electrons. The van der Waals surface area contributed by atoms with Crippen molar-refractivity contribution >= 4 is 11.7 Å². The Morgan fingerprint density at radius 1 is 1.18 bits per heavy atom. The molecule has 0 radical (unpaired) electrons. The number of ketones is 1. The van der Waals surface area contributed by atoms with Gasteiger partial charge in [-0.3, -0.25) is 9.59 Å². The Balaban J connectivity index is 1.78. The highest BCUT2D eigenvalue weighted by molar-refractivity contribution is 5.99. The first kappa shape index (κ1) is 15.2. The van der Waals surface area contributed by atoms with Crippen LogP contribution in [0.15, 0.2) is 24.3 Å². The highest BCUT2D eigenvalue weighted by Crippen LogP contribution is 2.70. The van der Waals surface area contributed by atoms with E-state index < -0.39 is 5.41 Å². The van der Waals surface area contributed by atoms with Crippen molar-refractivity contribution in [2.75, 3.05) is 0 Å². The number of fused-ring (bicyclic) bond motifs is 2. The number of carbonyl (C=O) groups is 2. The molecule has 4 heteroatoms. The number of nitrogens with one attached hydrogen (secondary N) is 1. The van der Waals surface area contributed by atoms with Gasteiger partial charge in [0, 0.05) is 18.4 Å². The second kappa shape index (κ2) is 4.64. The maximum absolute atomic E-state index is 12.9. The summed E-state index contributed by atoms with van der Waals surface area (Å²) in [6.07, 6.45) is 1.88. The molecule has 0 aromatic heterocycles. The van der Waals surface area contributed by atoms with E-state index in [0.29, 0.717) is 13.0 Å². The maximum Gasteiger partial charge on any atom is 0.227 e. The van der Waals surface area contributed by atoms with Gasteiger partial charge in [0.15, 0.2) is 0 Å². The van der Waals surface area contributed by atoms with Gasteiger partial charge in [-0.1, -0.05) is 32.9 Å². The summed E-state index contributed by atoms with van der Waals surface area (Å²) in [5, 5.41) is 2.96. The molecule has 2 aliphatic rings. The van der Waals surface area contributed by atoms with Gasteiger partial charge in [-0.05, 0) is 36.0 Å². The van der Waals surface area contributed by atoms with Crippen molar-refractivity contribution in [1.82, 2.24) is 5.32 Å². The molecule has 1 aromatic rings. The fourth-order valence-electron chi connectivity index (χ4n) is 4.31. The van der Waals surface area contributed by atoms with E-state index in [4.69, 9.17) is 0 Å². The van der Waals surface area contributed by atoms with Crippen LogP contribution in [-0.2, 0) is 16.1 Å². The third-order valence-corrected chi connectivity index (χ3v) is 6.51. The van der Waals surface area contributed by atoms with Gasteiger partial charge in [-0.15, -0.1) is 0 Å². The normalized spacial score (nSPS) is 32.3. The third kappa shape index (κ3) is 1.79. The number of rotatable bonds is 3. The van der Waals surface area contributed by atoms with Crippen LogP contribution in [-0.4, -0.2) is 11.7 Å². The molecule has 0 unspecified atom stereocenters. The lowest BCUT2D eigenvalue weighted by molar-refractivity contribution is -0.136. The summed E-state index contributed by atoms with van der Waals surface area (Å²) in [7, 11) is 0. The van der Waals surface area contributed by atoms with Crippen molar-refractivity contribution in [2.24, 2.45) is 16.2 Å². The number of benzene rings is 1. The molecular formula is C18H22FNO2. The van der Waals surface area contributed by atoms with Crippen molar-refractivity contribution < 1.29 is 14.0 Å². The van der Waals surface area contributed by atoms with E-state index in [-0.39, 0.29) is 28.3 Å². The molecular weight excluding hydrogens is 281 g/mol. The maximum atomic E-state index is 12.9. The Bertz CT molecular complexity index is 637. The van der Waals surface area contributed by atoms with Crippen LogP contribution in [0.5, 0.6) is 0 Å². The Morgan fingerprint density at radius 3 is 2.32 bits per heavy atom. The standard InChI is InChI=1S/C18H22FNO2/c1-16(2)17(3)8-9-18(16,10-14(17)21)15(22)20-11-12-4-6-13(19)7-5-12/h4-7H,8-11H2,1-3H3,(H,20,22)/t17-,18+/m0/s1. The monoisotopic (exact) mass is 303 g/mol. The van der Waals surface area contributed by atoms with Gasteiger partial charge in [0.25, 0.3) is 0 Å². The topological polar surface area (TPSA) is 46.2 Å². The number of Topliss-reactive ketones (excluding diaryl/α,β-unsaturated/α-hetero) is 1. The van der Waals surface area contributed by atoms with E-state index in [1.807, 2.05) is 20.8 Å². The van der Waals surface area contributed by atoms with E-state index in [1.54, 1.807) is 12.1 Å². The number of amides is 1. The first-order valence-electron chi connectivity index (χ1n) is 7.79. The van der Waals surface area contributed by atoms with Gasteiger partial charge in [-0.25, -0.2) is 4.39 Å². The minimum atomic E-state index is -0.598. The molecule has 2 saturated carbocycles. The lowest BCUT2D eigenvalue weighted by Crippen LogP contribution is -2.46. The first-order chi connectivity index (χ1) is 10.2. The molecule has 0 aliphatic heterocycles. The highest BCUT2D eigenvalue weighted by atomic mass is 19.1. The Labute approximate surface area is 130 Å². The third-order valence-electron chi connectivity index (χ3n) is 6.51. The van der Waals surface area contributed by atoms with Crippen LogP contribution in [0.2, 0.25) is 0 Å². The SMILES string of the molecule is CC1(C)[C@]2(C(=O)NCc3ccc(F)cc3)CC[C@@]1(C)C(=O)C2. The lowest BCUT2D eigenvalue weighted by Gasteiger charge is -2.38. The molecule has 3 rings (SSSR count). The molecule has 1 aromatic carbocycles. The van der Waals surface area contributed by atoms with E-state index in [2.05, 4.69) is 5.32 Å². The fourth-order valence-corrected chi connectivity index (χ4v) is 4.31. The largest absolute Gasteiger partial charge is 0.352 e. The highest BCUT2D eigenvalue weighted by Gasteiger charge is 2.72. The van der Waals surface area contributed by atoms with Crippen LogP contribution in [0.3, 0.4) is 0 Å². The smallest absolute Gasteiger partial charge is 0.227 e. The molecule has 22 heavy (non-hydrogen) atoms. The van der Waals surface area contributed by atoms with Crippen LogP contribution < -0.4 is 5.32 Å². The minimum absolute atomic E-state index is 0.0450. The van der Waals surface area contributed by atoms with Crippen molar-refractivity contribution in [2.45, 2.75) is 46.6 Å². The zero-order chi connectivity index (χ0) is 16.2. The molecule has 0 saturated heterocycles. The van der Waals surface area contributed by atoms with E-state index in [1.165, 1.54) is 12.1 Å². The van der Waals surface area contributed by atoms with Crippen molar-refractivity contribution in [3.05, 3.63) is 35.6 Å². The molecule has 1 N–H and O–H groups in total. The van der Waals surface area contributed by atoms with Crippen molar-refractivity contribution in [1.29, 1.82) is 0 Å². The molecule has 2 atom stereocenters. The number of halogens is 1. The van der Waals surface area contributed by atoms with Crippen LogP contribution in [0.25, 0.3) is 0 Å². The average Bonchev–Trinajstić information content (AvgIpc) is 2.77. The number of hydrogen-bond donors (Lipinski definition) is 1. The van der Waals surface area contributed by atoms with Crippen LogP contribution >= 0.6 is 0 Å². The van der Waals surface area contributed by atoms with E-state index in [0.717, 1.165) is 18.4 Å². The zero-order valence-corrected chi connectivity index (χ0v) is 13.3. The summed E-state index contributed by atoms with van der Waals surface area (Å²) in [5.41, 5.74) is -0.461. The average molecular weight is 303 g/mol. The fraction of sp³-hybridized carbons (Fsp3) is 0.556. The molecule has 2 aliphatic carbocycles. The van der Waals surface area contributed by atoms with Crippen LogP contribution in [0.4, 0.5) is 4.39 Å². The molecule has 2 fully saturated rings. The van der Waals surface area contributed by atoms with Gasteiger partial charge in [0.2, 0.25) is 5.91 Å². The zero-order valence-electron chi connectivity index (χ0n) is 13.3. The predicted octanol–water partition coefficient (Wildman–Crippen LogP) is 3.23. The van der Waals surface area contributed by atoms with E-state index in [9.17, 15) is 14.0 Å². The van der Waals surface area contributed by atoms with E-state index >= 15 is 0 Å². The quantitative estimate of drug-likeness (QED) is 0.932. The van der Waals surface area contributed by atoms with Gasteiger partial charge < -0.3 is 5.32 Å².